The summed E-state index contributed by atoms with van der Waals surface area (Å²) < 4.78 is 13.7. The second-order valence-corrected chi connectivity index (χ2v) is 5.45. The van der Waals surface area contributed by atoms with E-state index in [-0.39, 0.29) is 23.6 Å². The third kappa shape index (κ3) is 2.96. The smallest absolute Gasteiger partial charge is 0.254 e. The minimum atomic E-state index is -0.659. The molecule has 0 spiro atoms. The summed E-state index contributed by atoms with van der Waals surface area (Å²) in [5.41, 5.74) is 0.665. The maximum atomic E-state index is 13.7. The highest BCUT2D eigenvalue weighted by Gasteiger charge is 2.36. The number of rotatable bonds is 4. The summed E-state index contributed by atoms with van der Waals surface area (Å²) in [5.74, 6) is -1.07. The molecular formula is C16H16FN3O2. The second-order valence-electron chi connectivity index (χ2n) is 5.45. The molecule has 0 aromatic carbocycles. The van der Waals surface area contributed by atoms with Gasteiger partial charge in [0.05, 0.1) is 29.6 Å². The number of aliphatic hydroxyl groups is 1. The van der Waals surface area contributed by atoms with Gasteiger partial charge in [-0.3, -0.25) is 14.8 Å². The van der Waals surface area contributed by atoms with Crippen LogP contribution in [0.4, 0.5) is 4.39 Å². The standard InChI is InChI=1S/C16H16FN3O2/c17-13-9-18-6-4-12(13)16(22)20-15(10-7-11(21)8-10)14-3-1-2-5-19-14/h1-6,9-11,15,21H,7-8H2,(H,20,22)/t10?,11?,15-/m0/s1. The van der Waals surface area contributed by atoms with Crippen molar-refractivity contribution in [1.29, 1.82) is 0 Å². The van der Waals surface area contributed by atoms with Gasteiger partial charge in [-0.25, -0.2) is 4.39 Å². The summed E-state index contributed by atoms with van der Waals surface area (Å²) in [6.07, 6.45) is 4.89. The first kappa shape index (κ1) is 14.6. The number of pyridine rings is 2. The lowest BCUT2D eigenvalue weighted by Crippen LogP contribution is -2.42. The molecule has 1 fully saturated rings. The Morgan fingerprint density at radius 2 is 2.14 bits per heavy atom. The number of hydrogen-bond donors (Lipinski definition) is 2. The molecule has 114 valence electrons. The molecule has 2 heterocycles. The van der Waals surface area contributed by atoms with Crippen LogP contribution in [0.15, 0.2) is 42.9 Å². The van der Waals surface area contributed by atoms with Crippen LogP contribution >= 0.6 is 0 Å². The van der Waals surface area contributed by atoms with Gasteiger partial charge in [0.25, 0.3) is 5.91 Å². The summed E-state index contributed by atoms with van der Waals surface area (Å²) in [5, 5.41) is 12.3. The van der Waals surface area contributed by atoms with E-state index in [9.17, 15) is 14.3 Å². The van der Waals surface area contributed by atoms with Crippen molar-refractivity contribution in [3.8, 4) is 0 Å². The predicted octanol–water partition coefficient (Wildman–Crippen LogP) is 1.86. The number of amides is 1. The fourth-order valence-corrected chi connectivity index (χ4v) is 2.67. The second kappa shape index (κ2) is 6.19. The lowest BCUT2D eigenvalue weighted by atomic mass is 9.76. The van der Waals surface area contributed by atoms with E-state index in [1.54, 1.807) is 12.3 Å². The molecule has 2 aromatic rings. The molecule has 1 atom stereocenters. The first-order valence-electron chi connectivity index (χ1n) is 7.14. The van der Waals surface area contributed by atoms with E-state index < -0.39 is 11.7 Å². The van der Waals surface area contributed by atoms with E-state index in [1.165, 1.54) is 12.3 Å². The summed E-state index contributed by atoms with van der Waals surface area (Å²) in [6.45, 7) is 0. The van der Waals surface area contributed by atoms with Crippen LogP contribution in [0.2, 0.25) is 0 Å². The van der Waals surface area contributed by atoms with Crippen molar-refractivity contribution >= 4 is 5.91 Å². The molecule has 0 radical (unpaired) electrons. The van der Waals surface area contributed by atoms with Gasteiger partial charge in [-0.2, -0.15) is 0 Å². The largest absolute Gasteiger partial charge is 0.393 e. The molecule has 0 unspecified atom stereocenters. The van der Waals surface area contributed by atoms with Gasteiger partial charge in [0.15, 0.2) is 5.82 Å². The molecule has 1 aliphatic rings. The Morgan fingerprint density at radius 3 is 2.77 bits per heavy atom. The third-order valence-corrected chi connectivity index (χ3v) is 3.93. The summed E-state index contributed by atoms with van der Waals surface area (Å²) in [6, 6.07) is 6.45. The number of aliphatic hydroxyl groups excluding tert-OH is 1. The third-order valence-electron chi connectivity index (χ3n) is 3.93. The molecule has 0 bridgehead atoms. The van der Waals surface area contributed by atoms with Crippen LogP contribution in [-0.4, -0.2) is 27.1 Å². The van der Waals surface area contributed by atoms with Gasteiger partial charge in [-0.15, -0.1) is 0 Å². The Kier molecular flexibility index (Phi) is 4.11. The van der Waals surface area contributed by atoms with E-state index in [0.717, 1.165) is 6.20 Å². The van der Waals surface area contributed by atoms with Gasteiger partial charge in [0.1, 0.15) is 0 Å². The molecule has 1 amide bonds. The highest BCUT2D eigenvalue weighted by atomic mass is 19.1. The van der Waals surface area contributed by atoms with Crippen molar-refractivity contribution in [2.45, 2.75) is 25.0 Å². The first-order valence-corrected chi connectivity index (χ1v) is 7.14. The minimum Gasteiger partial charge on any atom is -0.393 e. The van der Waals surface area contributed by atoms with Crippen molar-refractivity contribution in [3.05, 3.63) is 59.9 Å². The zero-order valence-electron chi connectivity index (χ0n) is 11.8. The van der Waals surface area contributed by atoms with Gasteiger partial charge in [-0.05, 0) is 37.0 Å². The van der Waals surface area contributed by atoms with Crippen LogP contribution in [0.1, 0.15) is 34.9 Å². The fourth-order valence-electron chi connectivity index (χ4n) is 2.67. The van der Waals surface area contributed by atoms with Crippen molar-refractivity contribution in [2.75, 3.05) is 0 Å². The van der Waals surface area contributed by atoms with E-state index in [1.807, 2.05) is 12.1 Å². The van der Waals surface area contributed by atoms with Gasteiger partial charge in [-0.1, -0.05) is 6.07 Å². The topological polar surface area (TPSA) is 75.1 Å². The minimum absolute atomic E-state index is 0.0456. The zero-order chi connectivity index (χ0) is 15.5. The van der Waals surface area contributed by atoms with Crippen molar-refractivity contribution in [2.24, 2.45) is 5.92 Å². The van der Waals surface area contributed by atoms with E-state index >= 15 is 0 Å². The normalized spacial score (nSPS) is 21.7. The molecule has 3 rings (SSSR count). The van der Waals surface area contributed by atoms with Crippen LogP contribution < -0.4 is 5.32 Å². The van der Waals surface area contributed by atoms with Crippen LogP contribution in [0.3, 0.4) is 0 Å². The number of carbonyl (C=O) groups is 1. The van der Waals surface area contributed by atoms with E-state index in [4.69, 9.17) is 0 Å². The quantitative estimate of drug-likeness (QED) is 0.904. The average molecular weight is 301 g/mol. The Hall–Kier alpha value is -2.34. The van der Waals surface area contributed by atoms with Crippen LogP contribution in [0.5, 0.6) is 0 Å². The number of nitrogens with one attached hydrogen (secondary N) is 1. The number of halogens is 1. The van der Waals surface area contributed by atoms with Crippen molar-refractivity contribution in [3.63, 3.8) is 0 Å². The van der Waals surface area contributed by atoms with Crippen molar-refractivity contribution < 1.29 is 14.3 Å². The number of nitrogens with zero attached hydrogens (tertiary/aromatic N) is 2. The first-order chi connectivity index (χ1) is 10.6. The van der Waals surface area contributed by atoms with Crippen LogP contribution in [0.25, 0.3) is 0 Å². The molecule has 22 heavy (non-hydrogen) atoms. The lowest BCUT2D eigenvalue weighted by Gasteiger charge is -2.37. The molecule has 1 saturated carbocycles. The lowest BCUT2D eigenvalue weighted by molar-refractivity contribution is 0.0228. The zero-order valence-corrected chi connectivity index (χ0v) is 11.8. The number of carbonyl (C=O) groups excluding carboxylic acids is 1. The van der Waals surface area contributed by atoms with Crippen LogP contribution in [-0.2, 0) is 0 Å². The van der Waals surface area contributed by atoms with E-state index in [0.29, 0.717) is 18.5 Å². The van der Waals surface area contributed by atoms with Gasteiger partial charge >= 0.3 is 0 Å². The molecule has 0 saturated heterocycles. The Balaban J connectivity index is 1.81. The maximum Gasteiger partial charge on any atom is 0.254 e. The fraction of sp³-hybridized carbons (Fsp3) is 0.312. The Morgan fingerprint density at radius 1 is 1.32 bits per heavy atom. The highest BCUT2D eigenvalue weighted by molar-refractivity contribution is 5.94. The van der Waals surface area contributed by atoms with Crippen molar-refractivity contribution in [1.82, 2.24) is 15.3 Å². The molecule has 5 nitrogen and oxygen atoms in total. The maximum absolute atomic E-state index is 13.7. The average Bonchev–Trinajstić information content (AvgIpc) is 2.51. The van der Waals surface area contributed by atoms with Gasteiger partial charge in [0, 0.05) is 12.4 Å². The van der Waals surface area contributed by atoms with Gasteiger partial charge in [0.2, 0.25) is 0 Å². The summed E-state index contributed by atoms with van der Waals surface area (Å²) in [4.78, 5) is 20.2. The highest BCUT2D eigenvalue weighted by Crippen LogP contribution is 2.37. The predicted molar refractivity (Wildman–Crippen MR) is 77.4 cm³/mol. The Labute approximate surface area is 127 Å². The van der Waals surface area contributed by atoms with Crippen LogP contribution in [0, 0.1) is 11.7 Å². The SMILES string of the molecule is O=C(N[C@H](c1ccccn1)C1CC(O)C1)c1ccncc1F. The summed E-state index contributed by atoms with van der Waals surface area (Å²) >= 11 is 0. The molecule has 2 aromatic heterocycles. The molecular weight excluding hydrogens is 285 g/mol. The monoisotopic (exact) mass is 301 g/mol. The van der Waals surface area contributed by atoms with E-state index in [2.05, 4.69) is 15.3 Å². The molecule has 2 N–H and O–H groups in total. The number of hydrogen-bond acceptors (Lipinski definition) is 4. The van der Waals surface area contributed by atoms with Gasteiger partial charge < -0.3 is 10.4 Å². The molecule has 1 aliphatic carbocycles. The Bertz CT molecular complexity index is 659. The summed E-state index contributed by atoms with van der Waals surface area (Å²) in [7, 11) is 0. The molecule has 6 heteroatoms. The molecule has 0 aliphatic heterocycles. The number of aromatic nitrogens is 2.